The predicted molar refractivity (Wildman–Crippen MR) is 67.2 cm³/mol. The summed E-state index contributed by atoms with van der Waals surface area (Å²) in [5.41, 5.74) is 2.36. The summed E-state index contributed by atoms with van der Waals surface area (Å²) in [4.78, 5) is 0. The van der Waals surface area contributed by atoms with Crippen LogP contribution in [0.4, 0.5) is 5.69 Å². The Morgan fingerprint density at radius 1 is 1.33 bits per heavy atom. The van der Waals surface area contributed by atoms with Gasteiger partial charge < -0.3 is 5.32 Å². The van der Waals surface area contributed by atoms with Gasteiger partial charge in [-0.25, -0.2) is 0 Å². The highest BCUT2D eigenvalue weighted by Crippen LogP contribution is 2.44. The Labute approximate surface area is 101 Å². The highest BCUT2D eigenvalue weighted by Gasteiger charge is 2.30. The Kier molecular flexibility index (Phi) is 2.64. The van der Waals surface area contributed by atoms with E-state index in [2.05, 4.69) is 32.2 Å². The molecule has 2 rings (SSSR count). The predicted octanol–water partition coefficient (Wildman–Crippen LogP) is 4.69. The monoisotopic (exact) mass is 243 g/mol. The van der Waals surface area contributed by atoms with Crippen LogP contribution in [-0.4, -0.2) is 5.54 Å². The fraction of sp³-hybridized carbons (Fsp3) is 0.500. The van der Waals surface area contributed by atoms with E-state index in [1.807, 2.05) is 6.07 Å². The van der Waals surface area contributed by atoms with Crippen LogP contribution in [0, 0.1) is 0 Å². The van der Waals surface area contributed by atoms with Crippen molar-refractivity contribution in [3.05, 3.63) is 27.7 Å². The lowest BCUT2D eigenvalue weighted by atomic mass is 9.82. The van der Waals surface area contributed by atoms with E-state index in [0.29, 0.717) is 16.0 Å². The van der Waals surface area contributed by atoms with Gasteiger partial charge in [0.15, 0.2) is 0 Å². The van der Waals surface area contributed by atoms with Crippen LogP contribution in [0.1, 0.15) is 38.7 Å². The average Bonchev–Trinajstić information content (AvgIpc) is 2.10. The first-order valence-electron chi connectivity index (χ1n) is 5.17. The molecule has 0 radical (unpaired) electrons. The van der Waals surface area contributed by atoms with Gasteiger partial charge in [-0.3, -0.25) is 0 Å². The second-order valence-corrected chi connectivity index (χ2v) is 5.72. The van der Waals surface area contributed by atoms with Crippen molar-refractivity contribution in [2.24, 2.45) is 0 Å². The van der Waals surface area contributed by atoms with E-state index >= 15 is 0 Å². The molecule has 1 aromatic rings. The largest absolute Gasteiger partial charge is 0.379 e. The molecule has 0 saturated heterocycles. The Morgan fingerprint density at radius 2 is 2.00 bits per heavy atom. The van der Waals surface area contributed by atoms with Gasteiger partial charge in [0, 0.05) is 5.54 Å². The van der Waals surface area contributed by atoms with Gasteiger partial charge in [-0.05, 0) is 37.8 Å². The fourth-order valence-electron chi connectivity index (χ4n) is 2.37. The maximum absolute atomic E-state index is 6.21. The van der Waals surface area contributed by atoms with Crippen LogP contribution in [0.5, 0.6) is 0 Å². The summed E-state index contributed by atoms with van der Waals surface area (Å²) in [6.07, 6.45) is 1.11. The summed E-state index contributed by atoms with van der Waals surface area (Å²) in [7, 11) is 0. The summed E-state index contributed by atoms with van der Waals surface area (Å²) >= 11 is 12.2. The lowest BCUT2D eigenvalue weighted by molar-refractivity contribution is 0.454. The molecule has 0 spiro atoms. The summed E-state index contributed by atoms with van der Waals surface area (Å²) in [5, 5.41) is 4.72. The topological polar surface area (TPSA) is 12.0 Å². The zero-order chi connectivity index (χ0) is 11.2. The van der Waals surface area contributed by atoms with Crippen LogP contribution in [-0.2, 0) is 0 Å². The Balaban J connectivity index is 2.56. The number of benzene rings is 1. The molecule has 1 aromatic carbocycles. The van der Waals surface area contributed by atoms with Crippen molar-refractivity contribution >= 4 is 28.9 Å². The van der Waals surface area contributed by atoms with Crippen molar-refractivity contribution in [1.82, 2.24) is 0 Å². The molecule has 3 heteroatoms. The molecular weight excluding hydrogens is 229 g/mol. The van der Waals surface area contributed by atoms with Gasteiger partial charge in [-0.15, -0.1) is 0 Å². The van der Waals surface area contributed by atoms with Crippen molar-refractivity contribution in [2.75, 3.05) is 5.32 Å². The quantitative estimate of drug-likeness (QED) is 0.698. The normalized spacial score (nSPS) is 23.1. The van der Waals surface area contributed by atoms with Crippen LogP contribution in [0.25, 0.3) is 0 Å². The number of rotatable bonds is 0. The van der Waals surface area contributed by atoms with Gasteiger partial charge in [0.2, 0.25) is 0 Å². The number of anilines is 1. The van der Waals surface area contributed by atoms with Crippen LogP contribution in [0.15, 0.2) is 12.1 Å². The van der Waals surface area contributed by atoms with Gasteiger partial charge in [-0.2, -0.15) is 0 Å². The maximum atomic E-state index is 6.21. The third-order valence-corrected chi connectivity index (χ3v) is 3.74. The van der Waals surface area contributed by atoms with Crippen LogP contribution < -0.4 is 5.32 Å². The highest BCUT2D eigenvalue weighted by molar-refractivity contribution is 6.43. The third-order valence-electron chi connectivity index (χ3n) is 2.94. The minimum Gasteiger partial charge on any atom is -0.379 e. The minimum absolute atomic E-state index is 0.0841. The van der Waals surface area contributed by atoms with Crippen molar-refractivity contribution in [2.45, 2.75) is 38.6 Å². The number of fused-ring (bicyclic) bond motifs is 1. The molecule has 1 N–H and O–H groups in total. The van der Waals surface area contributed by atoms with Crippen molar-refractivity contribution in [3.63, 3.8) is 0 Å². The molecule has 1 unspecified atom stereocenters. The van der Waals surface area contributed by atoms with E-state index in [0.717, 1.165) is 12.1 Å². The molecule has 0 saturated carbocycles. The molecule has 1 atom stereocenters. The zero-order valence-electron chi connectivity index (χ0n) is 9.20. The summed E-state index contributed by atoms with van der Waals surface area (Å²) in [5.74, 6) is 0.519. The molecule has 0 fully saturated rings. The maximum Gasteiger partial charge on any atom is 0.0826 e. The van der Waals surface area contributed by atoms with Gasteiger partial charge in [-0.1, -0.05) is 36.2 Å². The van der Waals surface area contributed by atoms with E-state index in [-0.39, 0.29) is 5.54 Å². The number of halogens is 2. The second-order valence-electron chi connectivity index (χ2n) is 4.94. The first-order valence-corrected chi connectivity index (χ1v) is 5.92. The summed E-state index contributed by atoms with van der Waals surface area (Å²) < 4.78 is 0. The first kappa shape index (κ1) is 11.1. The van der Waals surface area contributed by atoms with Gasteiger partial charge >= 0.3 is 0 Å². The zero-order valence-corrected chi connectivity index (χ0v) is 10.7. The molecule has 1 heterocycles. The lowest BCUT2D eigenvalue weighted by Gasteiger charge is -2.38. The van der Waals surface area contributed by atoms with E-state index in [1.165, 1.54) is 5.56 Å². The lowest BCUT2D eigenvalue weighted by Crippen LogP contribution is -2.36. The molecule has 1 nitrogen and oxygen atoms in total. The first-order chi connectivity index (χ1) is 6.91. The van der Waals surface area contributed by atoms with Crippen molar-refractivity contribution in [3.8, 4) is 0 Å². The average molecular weight is 244 g/mol. The van der Waals surface area contributed by atoms with Crippen LogP contribution >= 0.6 is 23.2 Å². The highest BCUT2D eigenvalue weighted by atomic mass is 35.5. The smallest absolute Gasteiger partial charge is 0.0826 e. The van der Waals surface area contributed by atoms with Crippen LogP contribution in [0.2, 0.25) is 10.0 Å². The SMILES string of the molecule is CC1CC(C)(C)Nc2c1ccc(Cl)c2Cl. The molecule has 1 aliphatic heterocycles. The van der Waals surface area contributed by atoms with Crippen molar-refractivity contribution in [1.29, 1.82) is 0 Å². The van der Waals surface area contributed by atoms with E-state index < -0.39 is 0 Å². The van der Waals surface area contributed by atoms with Gasteiger partial charge in [0.1, 0.15) is 0 Å². The van der Waals surface area contributed by atoms with E-state index in [4.69, 9.17) is 23.2 Å². The molecule has 0 aromatic heterocycles. The number of hydrogen-bond acceptors (Lipinski definition) is 1. The molecule has 0 bridgehead atoms. The third kappa shape index (κ3) is 1.95. The summed E-state index contributed by atoms with van der Waals surface area (Å²) in [6, 6.07) is 3.94. The fourth-order valence-corrected chi connectivity index (χ4v) is 2.74. The Bertz CT molecular complexity index is 399. The minimum atomic E-state index is 0.0841. The number of hydrogen-bond donors (Lipinski definition) is 1. The van der Waals surface area contributed by atoms with Crippen LogP contribution in [0.3, 0.4) is 0 Å². The number of nitrogens with one attached hydrogen (secondary N) is 1. The van der Waals surface area contributed by atoms with Gasteiger partial charge in [0.25, 0.3) is 0 Å². The molecule has 15 heavy (non-hydrogen) atoms. The molecule has 0 amide bonds. The molecular formula is C12H15Cl2N. The molecule has 0 aliphatic carbocycles. The van der Waals surface area contributed by atoms with E-state index in [9.17, 15) is 0 Å². The standard InChI is InChI=1S/C12H15Cl2N/c1-7-6-12(2,3)15-11-8(7)4-5-9(13)10(11)14/h4-5,7,15H,6H2,1-3H3. The van der Waals surface area contributed by atoms with Gasteiger partial charge in [0.05, 0.1) is 15.7 Å². The Morgan fingerprint density at radius 3 is 2.67 bits per heavy atom. The van der Waals surface area contributed by atoms with E-state index in [1.54, 1.807) is 0 Å². The van der Waals surface area contributed by atoms with Crippen molar-refractivity contribution < 1.29 is 0 Å². The summed E-state index contributed by atoms with van der Waals surface area (Å²) in [6.45, 7) is 6.60. The molecule has 1 aliphatic rings. The Hall–Kier alpha value is -0.400. The molecule has 82 valence electrons. The second kappa shape index (κ2) is 3.57.